The number of amides is 3. The lowest BCUT2D eigenvalue weighted by Crippen LogP contribution is -2.49. The highest BCUT2D eigenvalue weighted by molar-refractivity contribution is 5.90. The maximum atomic E-state index is 12.2. The second kappa shape index (κ2) is 8.55. The molecule has 0 aromatic carbocycles. The average molecular weight is 325 g/mol. The van der Waals surface area contributed by atoms with Gasteiger partial charge in [0.15, 0.2) is 0 Å². The molecule has 1 heterocycles. The van der Waals surface area contributed by atoms with Crippen LogP contribution in [0.25, 0.3) is 0 Å². The molecule has 7 nitrogen and oxygen atoms in total. The van der Waals surface area contributed by atoms with E-state index in [2.05, 4.69) is 17.2 Å². The Morgan fingerprint density at radius 2 is 2.00 bits per heavy atom. The molecule has 0 saturated carbocycles. The Balaban J connectivity index is 2.46. The molecule has 0 aliphatic carbocycles. The summed E-state index contributed by atoms with van der Waals surface area (Å²) >= 11 is 0. The molecule has 1 aliphatic rings. The summed E-state index contributed by atoms with van der Waals surface area (Å²) in [4.78, 5) is 37.4. The van der Waals surface area contributed by atoms with Crippen LogP contribution in [0.2, 0.25) is 0 Å². The van der Waals surface area contributed by atoms with E-state index in [1.807, 2.05) is 0 Å². The highest BCUT2D eigenvalue weighted by Gasteiger charge is 2.33. The van der Waals surface area contributed by atoms with Crippen molar-refractivity contribution in [1.82, 2.24) is 15.5 Å². The Labute approximate surface area is 137 Å². The van der Waals surface area contributed by atoms with Crippen LogP contribution in [-0.4, -0.2) is 54.1 Å². The van der Waals surface area contributed by atoms with Crippen molar-refractivity contribution in [2.45, 2.75) is 51.7 Å². The quantitative estimate of drug-likeness (QED) is 0.567. The van der Waals surface area contributed by atoms with E-state index in [0.717, 1.165) is 6.42 Å². The minimum Gasteiger partial charge on any atom is -0.444 e. The topological polar surface area (TPSA) is 87.7 Å². The van der Waals surface area contributed by atoms with Gasteiger partial charge in [-0.05, 0) is 40.0 Å². The van der Waals surface area contributed by atoms with Crippen molar-refractivity contribution in [2.24, 2.45) is 0 Å². The first-order valence-corrected chi connectivity index (χ1v) is 7.89. The Bertz CT molecular complexity index is 457. The monoisotopic (exact) mass is 325 g/mol. The summed E-state index contributed by atoms with van der Waals surface area (Å²) in [6, 6.07) is -0.465. The predicted molar refractivity (Wildman–Crippen MR) is 86.8 cm³/mol. The van der Waals surface area contributed by atoms with E-state index in [4.69, 9.17) is 4.74 Å². The number of hydrogen-bond acceptors (Lipinski definition) is 4. The smallest absolute Gasteiger partial charge is 0.408 e. The Hall–Kier alpha value is -2.05. The fraction of sp³-hybridized carbons (Fsp3) is 0.688. The van der Waals surface area contributed by atoms with Crippen LogP contribution in [0.3, 0.4) is 0 Å². The Morgan fingerprint density at radius 1 is 1.30 bits per heavy atom. The lowest BCUT2D eigenvalue weighted by Gasteiger charge is -2.24. The molecule has 2 N–H and O–H groups in total. The molecule has 23 heavy (non-hydrogen) atoms. The van der Waals surface area contributed by atoms with Gasteiger partial charge in [0.2, 0.25) is 11.8 Å². The lowest BCUT2D eigenvalue weighted by atomic mass is 10.2. The summed E-state index contributed by atoms with van der Waals surface area (Å²) in [6.07, 6.45) is 3.18. The number of alkyl carbamates (subject to hydrolysis) is 1. The molecule has 7 heteroatoms. The van der Waals surface area contributed by atoms with Gasteiger partial charge in [-0.3, -0.25) is 9.59 Å². The van der Waals surface area contributed by atoms with Gasteiger partial charge in [-0.1, -0.05) is 6.08 Å². The number of nitrogens with one attached hydrogen (secondary N) is 2. The SMILES string of the molecule is C=CCCNC(=O)C1CCCN1C(=O)CNC(=O)OC(C)(C)C. The molecule has 0 radical (unpaired) electrons. The van der Waals surface area contributed by atoms with Crippen LogP contribution in [-0.2, 0) is 14.3 Å². The van der Waals surface area contributed by atoms with E-state index in [9.17, 15) is 14.4 Å². The second-order valence-electron chi connectivity index (χ2n) is 6.47. The summed E-state index contributed by atoms with van der Waals surface area (Å²) in [6.45, 7) is 9.70. The number of hydrogen-bond donors (Lipinski definition) is 2. The van der Waals surface area contributed by atoms with Gasteiger partial charge in [0, 0.05) is 13.1 Å². The average Bonchev–Trinajstić information content (AvgIpc) is 2.92. The zero-order valence-electron chi connectivity index (χ0n) is 14.2. The van der Waals surface area contributed by atoms with Crippen molar-refractivity contribution in [2.75, 3.05) is 19.6 Å². The minimum absolute atomic E-state index is 0.157. The van der Waals surface area contributed by atoms with Crippen molar-refractivity contribution in [3.05, 3.63) is 12.7 Å². The Kier molecular flexibility index (Phi) is 7.06. The maximum absolute atomic E-state index is 12.2. The first-order valence-electron chi connectivity index (χ1n) is 7.89. The third kappa shape index (κ3) is 6.71. The van der Waals surface area contributed by atoms with E-state index in [0.29, 0.717) is 25.9 Å². The number of likely N-dealkylation sites (tertiary alicyclic amines) is 1. The molecule has 1 aliphatic heterocycles. The highest BCUT2D eigenvalue weighted by atomic mass is 16.6. The number of rotatable bonds is 6. The van der Waals surface area contributed by atoms with E-state index >= 15 is 0 Å². The highest BCUT2D eigenvalue weighted by Crippen LogP contribution is 2.17. The number of carbonyl (C=O) groups is 3. The summed E-state index contributed by atoms with van der Waals surface area (Å²) in [5.41, 5.74) is -0.617. The second-order valence-corrected chi connectivity index (χ2v) is 6.47. The number of carbonyl (C=O) groups excluding carboxylic acids is 3. The Morgan fingerprint density at radius 3 is 2.61 bits per heavy atom. The van der Waals surface area contributed by atoms with Gasteiger partial charge in [0.05, 0.1) is 0 Å². The third-order valence-corrected chi connectivity index (χ3v) is 3.31. The molecule has 3 amide bonds. The van der Waals surface area contributed by atoms with Crippen LogP contribution in [0.4, 0.5) is 4.79 Å². The molecule has 1 saturated heterocycles. The van der Waals surface area contributed by atoms with E-state index in [1.165, 1.54) is 4.90 Å². The predicted octanol–water partition coefficient (Wildman–Crippen LogP) is 1.19. The molecular formula is C16H27N3O4. The van der Waals surface area contributed by atoms with Gasteiger partial charge < -0.3 is 20.3 Å². The van der Waals surface area contributed by atoms with Gasteiger partial charge in [0.25, 0.3) is 0 Å². The minimum atomic E-state index is -0.642. The number of nitrogens with zero attached hydrogens (tertiary/aromatic N) is 1. The first-order chi connectivity index (χ1) is 10.7. The molecule has 130 valence electrons. The lowest BCUT2D eigenvalue weighted by molar-refractivity contribution is -0.137. The molecule has 0 bridgehead atoms. The molecule has 1 rings (SSSR count). The van der Waals surface area contributed by atoms with Crippen LogP contribution in [0.1, 0.15) is 40.0 Å². The summed E-state index contributed by atoms with van der Waals surface area (Å²) in [5.74, 6) is -0.438. The standard InChI is InChI=1S/C16H27N3O4/c1-5-6-9-17-14(21)12-8-7-10-19(12)13(20)11-18-15(22)23-16(2,3)4/h5,12H,1,6-11H2,2-4H3,(H,17,21)(H,18,22). The van der Waals surface area contributed by atoms with Crippen molar-refractivity contribution in [1.29, 1.82) is 0 Å². The number of ether oxygens (including phenoxy) is 1. The van der Waals surface area contributed by atoms with Crippen molar-refractivity contribution in [3.63, 3.8) is 0 Å². The summed E-state index contributed by atoms with van der Waals surface area (Å²) in [5, 5.41) is 5.22. The summed E-state index contributed by atoms with van der Waals surface area (Å²) < 4.78 is 5.08. The van der Waals surface area contributed by atoms with Gasteiger partial charge in [-0.15, -0.1) is 6.58 Å². The van der Waals surface area contributed by atoms with Gasteiger partial charge in [0.1, 0.15) is 18.2 Å². The zero-order chi connectivity index (χ0) is 17.5. The molecule has 1 unspecified atom stereocenters. The van der Waals surface area contributed by atoms with E-state index < -0.39 is 17.7 Å². The molecule has 1 fully saturated rings. The van der Waals surface area contributed by atoms with Crippen LogP contribution < -0.4 is 10.6 Å². The van der Waals surface area contributed by atoms with Gasteiger partial charge in [-0.2, -0.15) is 0 Å². The molecule has 0 aromatic heterocycles. The van der Waals surface area contributed by atoms with Gasteiger partial charge in [-0.25, -0.2) is 4.79 Å². The van der Waals surface area contributed by atoms with Crippen LogP contribution in [0.5, 0.6) is 0 Å². The van der Waals surface area contributed by atoms with Crippen molar-refractivity contribution >= 4 is 17.9 Å². The molecule has 0 spiro atoms. The fourth-order valence-corrected chi connectivity index (χ4v) is 2.32. The van der Waals surface area contributed by atoms with Crippen molar-refractivity contribution < 1.29 is 19.1 Å². The van der Waals surface area contributed by atoms with Crippen LogP contribution in [0.15, 0.2) is 12.7 Å². The normalized spacial score (nSPS) is 17.5. The zero-order valence-corrected chi connectivity index (χ0v) is 14.2. The maximum Gasteiger partial charge on any atom is 0.408 e. The molecule has 1 atom stereocenters. The third-order valence-electron chi connectivity index (χ3n) is 3.31. The van der Waals surface area contributed by atoms with Gasteiger partial charge >= 0.3 is 6.09 Å². The van der Waals surface area contributed by atoms with Crippen LogP contribution in [0, 0.1) is 0 Å². The van der Waals surface area contributed by atoms with Crippen molar-refractivity contribution in [3.8, 4) is 0 Å². The molecule has 0 aromatic rings. The van der Waals surface area contributed by atoms with E-state index in [1.54, 1.807) is 26.8 Å². The molecular weight excluding hydrogens is 298 g/mol. The fourth-order valence-electron chi connectivity index (χ4n) is 2.32. The first kappa shape index (κ1) is 19.0. The largest absolute Gasteiger partial charge is 0.444 e. The summed E-state index contributed by atoms with van der Waals surface area (Å²) in [7, 11) is 0. The van der Waals surface area contributed by atoms with E-state index in [-0.39, 0.29) is 18.4 Å². The van der Waals surface area contributed by atoms with Crippen LogP contribution >= 0.6 is 0 Å².